The first kappa shape index (κ1) is 32.6. The van der Waals surface area contributed by atoms with Crippen molar-refractivity contribution in [2.24, 2.45) is 11.3 Å². The molecule has 1 aromatic heterocycles. The Balaban J connectivity index is 1.41. The molecule has 4 bridgehead atoms. The highest BCUT2D eigenvalue weighted by Gasteiger charge is 2.35. The van der Waals surface area contributed by atoms with E-state index in [1.165, 1.54) is 42.4 Å². The Labute approximate surface area is 264 Å². The smallest absolute Gasteiger partial charge is 0.156 e. The standard InChI is InChI=1S/C34H54N6O2S/c1-22(2)42-27-17-35-30(36-18-27)20-40-19-25-12-9-13-28(14-25)43-39-33-37-29(32-23(3)10-8-11-24(32)4)15-31(38-33)41-21-26(40)16-34(5,6)7/h8,10-11,17-18,22,25-26,28-29,31,33,37-39H,9,12-16,19-21H2,1-7H3/t25?,26-,28?,29?,31?,33?/m1/s1. The number of hydrogen-bond acceptors (Lipinski definition) is 9. The molecule has 0 radical (unpaired) electrons. The van der Waals surface area contributed by atoms with Crippen molar-refractivity contribution in [1.82, 2.24) is 30.2 Å². The van der Waals surface area contributed by atoms with Crippen LogP contribution in [0, 0.1) is 25.2 Å². The first-order valence-electron chi connectivity index (χ1n) is 16.3. The first-order valence-corrected chi connectivity index (χ1v) is 17.2. The van der Waals surface area contributed by atoms with E-state index in [4.69, 9.17) is 19.4 Å². The summed E-state index contributed by atoms with van der Waals surface area (Å²) in [5.74, 6) is 2.21. The molecule has 238 valence electrons. The van der Waals surface area contributed by atoms with Gasteiger partial charge in [0.1, 0.15) is 18.3 Å². The monoisotopic (exact) mass is 610 g/mol. The van der Waals surface area contributed by atoms with Crippen molar-refractivity contribution in [2.75, 3.05) is 13.2 Å². The summed E-state index contributed by atoms with van der Waals surface area (Å²) < 4.78 is 16.4. The van der Waals surface area contributed by atoms with Crippen molar-refractivity contribution in [2.45, 2.75) is 129 Å². The molecule has 2 aliphatic heterocycles. The highest BCUT2D eigenvalue weighted by atomic mass is 32.2. The highest BCUT2D eigenvalue weighted by molar-refractivity contribution is 7.98. The fourth-order valence-electron chi connectivity index (χ4n) is 7.07. The van der Waals surface area contributed by atoms with Crippen LogP contribution in [0.3, 0.4) is 0 Å². The molecule has 1 aliphatic carbocycles. The maximum Gasteiger partial charge on any atom is 0.156 e. The van der Waals surface area contributed by atoms with Crippen LogP contribution in [0.5, 0.6) is 5.75 Å². The minimum atomic E-state index is -0.0588. The van der Waals surface area contributed by atoms with E-state index in [2.05, 4.69) is 73.1 Å². The van der Waals surface area contributed by atoms with Gasteiger partial charge in [-0.3, -0.25) is 15.5 Å². The van der Waals surface area contributed by atoms with Gasteiger partial charge in [-0.25, -0.2) is 14.7 Å². The van der Waals surface area contributed by atoms with Crippen LogP contribution in [0.2, 0.25) is 0 Å². The second kappa shape index (κ2) is 14.6. The van der Waals surface area contributed by atoms with Gasteiger partial charge in [-0.1, -0.05) is 57.3 Å². The van der Waals surface area contributed by atoms with Gasteiger partial charge >= 0.3 is 0 Å². The number of aromatic nitrogens is 2. The number of nitrogens with one attached hydrogen (secondary N) is 3. The lowest BCUT2D eigenvalue weighted by Crippen LogP contribution is -2.61. The summed E-state index contributed by atoms with van der Waals surface area (Å²) in [6, 6.07) is 7.08. The van der Waals surface area contributed by atoms with Gasteiger partial charge in [-0.2, -0.15) is 0 Å². The lowest BCUT2D eigenvalue weighted by Gasteiger charge is -2.41. The molecule has 1 saturated carbocycles. The van der Waals surface area contributed by atoms with E-state index in [1.807, 2.05) is 38.2 Å². The summed E-state index contributed by atoms with van der Waals surface area (Å²) in [5, 5.41) is 8.21. The summed E-state index contributed by atoms with van der Waals surface area (Å²) in [6.45, 7) is 18.0. The van der Waals surface area contributed by atoms with E-state index < -0.39 is 0 Å². The molecule has 3 fully saturated rings. The number of ether oxygens (including phenoxy) is 2. The highest BCUT2D eigenvalue weighted by Crippen LogP contribution is 2.35. The van der Waals surface area contributed by atoms with Crippen molar-refractivity contribution >= 4 is 11.9 Å². The number of nitrogens with zero attached hydrogens (tertiary/aromatic N) is 3. The van der Waals surface area contributed by atoms with Crippen LogP contribution in [-0.4, -0.2) is 57.9 Å². The van der Waals surface area contributed by atoms with Gasteiger partial charge < -0.3 is 9.47 Å². The SMILES string of the molecule is Cc1cccc(C)c1C1CC2NC(NSC3CCCC(C3)CN(Cc3ncc(OC(C)C)cn3)[C@H](CC(C)(C)C)CO2)N1. The third-order valence-electron chi connectivity index (χ3n) is 8.89. The Hall–Kier alpha value is -1.75. The van der Waals surface area contributed by atoms with Crippen molar-refractivity contribution < 1.29 is 9.47 Å². The predicted octanol–water partition coefficient (Wildman–Crippen LogP) is 6.25. The minimum Gasteiger partial charge on any atom is -0.488 e. The molecule has 3 aliphatic rings. The third kappa shape index (κ3) is 9.38. The molecule has 1 aromatic carbocycles. The molecule has 43 heavy (non-hydrogen) atoms. The average Bonchev–Trinajstić information content (AvgIpc) is 2.94. The third-order valence-corrected chi connectivity index (χ3v) is 10.0. The van der Waals surface area contributed by atoms with Gasteiger partial charge in [-0.15, -0.1) is 0 Å². The van der Waals surface area contributed by atoms with Gasteiger partial charge in [-0.05, 0) is 81.4 Å². The maximum absolute atomic E-state index is 6.86. The zero-order valence-electron chi connectivity index (χ0n) is 27.4. The number of benzene rings is 1. The van der Waals surface area contributed by atoms with Crippen molar-refractivity contribution in [3.63, 3.8) is 0 Å². The van der Waals surface area contributed by atoms with Crippen LogP contribution in [0.1, 0.15) is 102 Å². The van der Waals surface area contributed by atoms with E-state index in [0.717, 1.165) is 31.0 Å². The van der Waals surface area contributed by atoms with Crippen LogP contribution in [0.25, 0.3) is 0 Å². The van der Waals surface area contributed by atoms with Crippen LogP contribution in [0.15, 0.2) is 30.6 Å². The van der Waals surface area contributed by atoms with E-state index in [0.29, 0.717) is 24.3 Å². The average molecular weight is 611 g/mol. The van der Waals surface area contributed by atoms with E-state index in [-0.39, 0.29) is 36.1 Å². The Morgan fingerprint density at radius 2 is 1.81 bits per heavy atom. The lowest BCUT2D eigenvalue weighted by molar-refractivity contribution is -0.0517. The van der Waals surface area contributed by atoms with Crippen molar-refractivity contribution in [1.29, 1.82) is 0 Å². The summed E-state index contributed by atoms with van der Waals surface area (Å²) in [6.07, 6.45) is 10.6. The van der Waals surface area contributed by atoms with Crippen LogP contribution >= 0.6 is 11.9 Å². The molecule has 2 saturated heterocycles. The molecule has 3 N–H and O–H groups in total. The molecule has 3 heterocycles. The number of rotatable bonds is 6. The number of hydrogen-bond donors (Lipinski definition) is 3. The number of fused-ring (bicyclic) bond motifs is 4. The first-order chi connectivity index (χ1) is 20.5. The fraction of sp³-hybridized carbons (Fsp3) is 0.706. The van der Waals surface area contributed by atoms with Crippen molar-refractivity contribution in [3.05, 3.63) is 53.1 Å². The lowest BCUT2D eigenvalue weighted by atomic mass is 9.85. The van der Waals surface area contributed by atoms with Gasteiger partial charge in [0.25, 0.3) is 0 Å². The van der Waals surface area contributed by atoms with E-state index in [9.17, 15) is 0 Å². The summed E-state index contributed by atoms with van der Waals surface area (Å²) >= 11 is 1.91. The van der Waals surface area contributed by atoms with Gasteiger partial charge in [0.05, 0.1) is 31.6 Å². The van der Waals surface area contributed by atoms with Crippen LogP contribution in [-0.2, 0) is 11.3 Å². The molecule has 0 amide bonds. The summed E-state index contributed by atoms with van der Waals surface area (Å²) in [5.41, 5.74) is 4.22. The second-order valence-electron chi connectivity index (χ2n) is 14.4. The normalized spacial score (nSPS) is 29.4. The van der Waals surface area contributed by atoms with Crippen molar-refractivity contribution in [3.8, 4) is 5.75 Å². The Bertz CT molecular complexity index is 1150. The molecule has 0 spiro atoms. The molecule has 2 aromatic rings. The summed E-state index contributed by atoms with van der Waals surface area (Å²) in [7, 11) is 0. The van der Waals surface area contributed by atoms with Gasteiger partial charge in [0, 0.05) is 30.3 Å². The van der Waals surface area contributed by atoms with E-state index in [1.54, 1.807) is 0 Å². The summed E-state index contributed by atoms with van der Waals surface area (Å²) in [4.78, 5) is 12.1. The topological polar surface area (TPSA) is 83.6 Å². The van der Waals surface area contributed by atoms with Gasteiger partial charge in [0.15, 0.2) is 5.75 Å². The quantitative estimate of drug-likeness (QED) is 0.329. The van der Waals surface area contributed by atoms with Crippen LogP contribution in [0.4, 0.5) is 0 Å². The molecule has 5 rings (SSSR count). The van der Waals surface area contributed by atoms with Crippen LogP contribution < -0.4 is 20.1 Å². The Morgan fingerprint density at radius 3 is 2.51 bits per heavy atom. The fourth-order valence-corrected chi connectivity index (χ4v) is 8.19. The minimum absolute atomic E-state index is 0.0222. The molecular weight excluding hydrogens is 556 g/mol. The Kier molecular flexibility index (Phi) is 11.1. The molecule has 9 heteroatoms. The maximum atomic E-state index is 6.86. The molecule has 5 unspecified atom stereocenters. The second-order valence-corrected chi connectivity index (χ2v) is 15.6. The molecule has 8 nitrogen and oxygen atoms in total. The predicted molar refractivity (Wildman–Crippen MR) is 176 cm³/mol. The van der Waals surface area contributed by atoms with E-state index >= 15 is 0 Å². The van der Waals surface area contributed by atoms with Gasteiger partial charge in [0.2, 0.25) is 0 Å². The Morgan fingerprint density at radius 1 is 1.07 bits per heavy atom. The molecule has 6 atom stereocenters. The zero-order valence-corrected chi connectivity index (χ0v) is 28.2. The number of aryl methyl sites for hydroxylation is 2. The molecular formula is C34H54N6O2S. The zero-order chi connectivity index (χ0) is 30.6. The largest absolute Gasteiger partial charge is 0.488 e.